The Balaban J connectivity index is 2.12. The second-order valence-electron chi connectivity index (χ2n) is 4.26. The molecule has 1 atom stereocenters. The molecule has 0 fully saturated rings. The first-order chi connectivity index (χ1) is 8.24. The SMILES string of the molecule is C[CH]CCC(C)c1cc2sc(OCC)cc2s1. The van der Waals surface area contributed by atoms with E-state index in [0.29, 0.717) is 5.92 Å². The molecule has 93 valence electrons. The number of fused-ring (bicyclic) bond motifs is 1. The maximum Gasteiger partial charge on any atom is 0.175 e. The molecule has 2 aromatic heterocycles. The third-order valence-corrected chi connectivity index (χ3v) is 5.30. The Morgan fingerprint density at radius 2 is 2.06 bits per heavy atom. The fourth-order valence-electron chi connectivity index (χ4n) is 1.85. The molecule has 3 heteroatoms. The second-order valence-corrected chi connectivity index (χ2v) is 6.42. The van der Waals surface area contributed by atoms with Gasteiger partial charge in [0.1, 0.15) is 0 Å². The average Bonchev–Trinajstić information content (AvgIpc) is 2.84. The summed E-state index contributed by atoms with van der Waals surface area (Å²) in [5.74, 6) is 0.673. The number of rotatable bonds is 6. The van der Waals surface area contributed by atoms with Crippen molar-refractivity contribution >= 4 is 32.1 Å². The zero-order valence-corrected chi connectivity index (χ0v) is 12.3. The Kier molecular flexibility index (Phi) is 4.46. The van der Waals surface area contributed by atoms with Gasteiger partial charge in [-0.15, -0.1) is 11.3 Å². The molecule has 17 heavy (non-hydrogen) atoms. The highest BCUT2D eigenvalue weighted by Crippen LogP contribution is 2.40. The summed E-state index contributed by atoms with van der Waals surface area (Å²) in [7, 11) is 0. The van der Waals surface area contributed by atoms with Crippen molar-refractivity contribution < 1.29 is 4.74 Å². The van der Waals surface area contributed by atoms with Gasteiger partial charge >= 0.3 is 0 Å². The molecule has 1 radical (unpaired) electrons. The summed E-state index contributed by atoms with van der Waals surface area (Å²) in [4.78, 5) is 1.51. The van der Waals surface area contributed by atoms with E-state index in [0.717, 1.165) is 11.7 Å². The first kappa shape index (κ1) is 12.9. The molecule has 2 aromatic rings. The predicted molar refractivity (Wildman–Crippen MR) is 78.5 cm³/mol. The number of thiophene rings is 2. The highest BCUT2D eigenvalue weighted by atomic mass is 32.1. The summed E-state index contributed by atoms with van der Waals surface area (Å²) < 4.78 is 8.29. The molecule has 0 N–H and O–H groups in total. The fourth-order valence-corrected chi connectivity index (χ4v) is 4.24. The van der Waals surface area contributed by atoms with Crippen LogP contribution in [0.15, 0.2) is 12.1 Å². The highest BCUT2D eigenvalue weighted by molar-refractivity contribution is 7.28. The van der Waals surface area contributed by atoms with Crippen molar-refractivity contribution in [1.29, 1.82) is 0 Å². The number of hydrogen-bond acceptors (Lipinski definition) is 3. The Morgan fingerprint density at radius 1 is 1.29 bits per heavy atom. The fraction of sp³-hybridized carbons (Fsp3) is 0.500. The van der Waals surface area contributed by atoms with Crippen molar-refractivity contribution in [1.82, 2.24) is 0 Å². The van der Waals surface area contributed by atoms with Crippen molar-refractivity contribution in [3.05, 3.63) is 23.4 Å². The minimum Gasteiger partial charge on any atom is -0.484 e. The predicted octanol–water partition coefficient (Wildman–Crippen LogP) is 5.47. The smallest absolute Gasteiger partial charge is 0.175 e. The quantitative estimate of drug-likeness (QED) is 0.674. The van der Waals surface area contributed by atoms with Gasteiger partial charge in [0, 0.05) is 20.3 Å². The summed E-state index contributed by atoms with van der Waals surface area (Å²) >= 11 is 3.68. The molecule has 0 aliphatic rings. The third-order valence-electron chi connectivity index (χ3n) is 2.86. The van der Waals surface area contributed by atoms with E-state index in [1.807, 2.05) is 18.3 Å². The lowest BCUT2D eigenvalue weighted by Gasteiger charge is -2.06. The lowest BCUT2D eigenvalue weighted by Crippen LogP contribution is -1.89. The molecule has 0 amide bonds. The van der Waals surface area contributed by atoms with Gasteiger partial charge in [0.2, 0.25) is 0 Å². The van der Waals surface area contributed by atoms with Crippen molar-refractivity contribution in [2.45, 2.75) is 39.5 Å². The number of hydrogen-bond donors (Lipinski definition) is 0. The van der Waals surface area contributed by atoms with Crippen LogP contribution in [-0.2, 0) is 0 Å². The van der Waals surface area contributed by atoms with Gasteiger partial charge in [-0.3, -0.25) is 0 Å². The third kappa shape index (κ3) is 3.02. The summed E-state index contributed by atoms with van der Waals surface area (Å²) in [6.07, 6.45) is 4.71. The van der Waals surface area contributed by atoms with E-state index in [-0.39, 0.29) is 0 Å². The van der Waals surface area contributed by atoms with Crippen LogP contribution >= 0.6 is 22.7 Å². The Hall–Kier alpha value is -0.540. The van der Waals surface area contributed by atoms with Crippen LogP contribution in [0.1, 0.15) is 44.4 Å². The normalized spacial score (nSPS) is 13.1. The number of unbranched alkanes of at least 4 members (excludes halogenated alkanes) is 1. The van der Waals surface area contributed by atoms with Crippen molar-refractivity contribution in [2.75, 3.05) is 6.61 Å². The van der Waals surface area contributed by atoms with E-state index in [2.05, 4.69) is 32.4 Å². The van der Waals surface area contributed by atoms with Crippen LogP contribution in [-0.4, -0.2) is 6.61 Å². The zero-order chi connectivity index (χ0) is 12.3. The minimum atomic E-state index is 0.673. The summed E-state index contributed by atoms with van der Waals surface area (Å²) in [5.41, 5.74) is 0. The summed E-state index contributed by atoms with van der Waals surface area (Å²) in [6.45, 7) is 7.24. The van der Waals surface area contributed by atoms with Crippen LogP contribution in [0.4, 0.5) is 0 Å². The van der Waals surface area contributed by atoms with Gasteiger partial charge in [-0.1, -0.05) is 25.2 Å². The molecular weight excluding hydrogens is 248 g/mol. The molecule has 0 saturated carbocycles. The molecule has 0 saturated heterocycles. The van der Waals surface area contributed by atoms with Gasteiger partial charge in [0.05, 0.1) is 6.61 Å². The maximum atomic E-state index is 5.53. The Morgan fingerprint density at radius 3 is 2.71 bits per heavy atom. The van der Waals surface area contributed by atoms with Gasteiger partial charge in [-0.2, -0.15) is 0 Å². The van der Waals surface area contributed by atoms with Gasteiger partial charge in [0.25, 0.3) is 0 Å². The molecule has 1 unspecified atom stereocenters. The first-order valence-electron chi connectivity index (χ1n) is 6.18. The van der Waals surface area contributed by atoms with Gasteiger partial charge in [-0.05, 0) is 38.2 Å². The van der Waals surface area contributed by atoms with Crippen molar-refractivity contribution in [3.63, 3.8) is 0 Å². The van der Waals surface area contributed by atoms with Crippen LogP contribution in [0.5, 0.6) is 5.06 Å². The molecule has 2 rings (SSSR count). The van der Waals surface area contributed by atoms with E-state index in [4.69, 9.17) is 4.74 Å². The van der Waals surface area contributed by atoms with Crippen LogP contribution in [0.25, 0.3) is 9.40 Å². The molecule has 2 heterocycles. The standard InChI is InChI=1S/C14H19OS2/c1-4-6-7-10(3)11-8-12-13(16-11)9-14(17-12)15-5-2/h4,8-10H,5-7H2,1-3H3. The zero-order valence-electron chi connectivity index (χ0n) is 10.7. The van der Waals surface area contributed by atoms with Gasteiger partial charge in [0.15, 0.2) is 5.06 Å². The molecule has 0 spiro atoms. The minimum absolute atomic E-state index is 0.673. The molecule has 0 aromatic carbocycles. The van der Waals surface area contributed by atoms with E-state index >= 15 is 0 Å². The number of ether oxygens (including phenoxy) is 1. The monoisotopic (exact) mass is 267 g/mol. The van der Waals surface area contributed by atoms with Crippen LogP contribution in [0, 0.1) is 6.42 Å². The first-order valence-corrected chi connectivity index (χ1v) is 7.81. The molecule has 0 aliphatic heterocycles. The van der Waals surface area contributed by atoms with Gasteiger partial charge in [-0.25, -0.2) is 0 Å². The molecule has 0 aliphatic carbocycles. The Bertz CT molecular complexity index is 438. The van der Waals surface area contributed by atoms with Crippen LogP contribution < -0.4 is 4.74 Å². The van der Waals surface area contributed by atoms with Crippen molar-refractivity contribution in [3.8, 4) is 5.06 Å². The van der Waals surface area contributed by atoms with Gasteiger partial charge < -0.3 is 4.74 Å². The topological polar surface area (TPSA) is 9.23 Å². The van der Waals surface area contributed by atoms with Crippen molar-refractivity contribution in [2.24, 2.45) is 0 Å². The van der Waals surface area contributed by atoms with E-state index in [1.54, 1.807) is 11.3 Å². The van der Waals surface area contributed by atoms with Crippen LogP contribution in [0.2, 0.25) is 0 Å². The van der Waals surface area contributed by atoms with E-state index < -0.39 is 0 Å². The van der Waals surface area contributed by atoms with E-state index in [1.165, 1.54) is 27.1 Å². The molecule has 1 nitrogen and oxygen atoms in total. The lowest BCUT2D eigenvalue weighted by atomic mass is 10.0. The average molecular weight is 267 g/mol. The Labute approximate surface area is 111 Å². The lowest BCUT2D eigenvalue weighted by molar-refractivity contribution is 0.350. The summed E-state index contributed by atoms with van der Waals surface area (Å²) in [6, 6.07) is 4.52. The maximum absolute atomic E-state index is 5.53. The summed E-state index contributed by atoms with van der Waals surface area (Å²) in [5, 5.41) is 1.05. The molecular formula is C14H19OS2. The van der Waals surface area contributed by atoms with Crippen LogP contribution in [0.3, 0.4) is 0 Å². The largest absolute Gasteiger partial charge is 0.484 e. The second kappa shape index (κ2) is 5.87. The molecule has 0 bridgehead atoms. The highest BCUT2D eigenvalue weighted by Gasteiger charge is 2.12. The van der Waals surface area contributed by atoms with E-state index in [9.17, 15) is 0 Å².